The number of benzene rings is 2. The second kappa shape index (κ2) is 8.93. The number of hydrogen-bond donors (Lipinski definition) is 0. The van der Waals surface area contributed by atoms with Crippen LogP contribution in [0, 0.1) is 0 Å². The van der Waals surface area contributed by atoms with Crippen LogP contribution in [0.1, 0.15) is 33.6 Å². The van der Waals surface area contributed by atoms with Crippen molar-refractivity contribution in [3.05, 3.63) is 72.8 Å². The summed E-state index contributed by atoms with van der Waals surface area (Å²) in [6, 6.07) is 21.3. The van der Waals surface area contributed by atoms with Crippen LogP contribution in [0.25, 0.3) is 0 Å². The quantitative estimate of drug-likeness (QED) is 0.309. The molecule has 0 N–H and O–H groups in total. The summed E-state index contributed by atoms with van der Waals surface area (Å²) in [6.45, 7) is 7.49. The maximum atomic E-state index is 10.4. The van der Waals surface area contributed by atoms with Gasteiger partial charge < -0.3 is 9.22 Å². The SMILES string of the molecule is CC(C)(C)[Si](OCC/C=C/CC=O)(c1ccccc1)c1ccccc1. The van der Waals surface area contributed by atoms with Crippen LogP contribution < -0.4 is 10.4 Å². The highest BCUT2D eigenvalue weighted by Gasteiger charge is 2.49. The second-order valence-corrected chi connectivity index (χ2v) is 11.5. The summed E-state index contributed by atoms with van der Waals surface area (Å²) in [7, 11) is -2.42. The van der Waals surface area contributed by atoms with Crippen LogP contribution in [0.3, 0.4) is 0 Å². The van der Waals surface area contributed by atoms with Gasteiger partial charge in [0.1, 0.15) is 6.29 Å². The Morgan fingerprint density at radius 1 is 0.880 bits per heavy atom. The molecule has 2 aromatic rings. The first-order valence-electron chi connectivity index (χ1n) is 8.86. The van der Waals surface area contributed by atoms with Gasteiger partial charge in [0.25, 0.3) is 8.32 Å². The Hall–Kier alpha value is -1.97. The molecule has 0 amide bonds. The van der Waals surface area contributed by atoms with E-state index in [2.05, 4.69) is 81.4 Å². The van der Waals surface area contributed by atoms with Crippen molar-refractivity contribution in [1.82, 2.24) is 0 Å². The van der Waals surface area contributed by atoms with Gasteiger partial charge in [-0.2, -0.15) is 0 Å². The van der Waals surface area contributed by atoms with E-state index in [-0.39, 0.29) is 5.04 Å². The van der Waals surface area contributed by atoms with Crippen molar-refractivity contribution in [3.63, 3.8) is 0 Å². The van der Waals surface area contributed by atoms with E-state index >= 15 is 0 Å². The van der Waals surface area contributed by atoms with Crippen molar-refractivity contribution < 1.29 is 9.22 Å². The van der Waals surface area contributed by atoms with E-state index in [1.807, 2.05) is 12.2 Å². The maximum absolute atomic E-state index is 10.4. The minimum Gasteiger partial charge on any atom is -0.407 e. The predicted molar refractivity (Wildman–Crippen MR) is 108 cm³/mol. The molecule has 0 heterocycles. The van der Waals surface area contributed by atoms with E-state index in [9.17, 15) is 4.79 Å². The lowest BCUT2D eigenvalue weighted by Gasteiger charge is -2.43. The highest BCUT2D eigenvalue weighted by atomic mass is 28.4. The Bertz CT molecular complexity index is 633. The molecule has 2 rings (SSSR count). The van der Waals surface area contributed by atoms with E-state index in [4.69, 9.17) is 4.43 Å². The molecule has 3 heteroatoms. The van der Waals surface area contributed by atoms with Gasteiger partial charge in [0, 0.05) is 13.0 Å². The summed E-state index contributed by atoms with van der Waals surface area (Å²) in [5.74, 6) is 0. The van der Waals surface area contributed by atoms with Gasteiger partial charge in [0.15, 0.2) is 0 Å². The van der Waals surface area contributed by atoms with E-state index in [1.54, 1.807) is 0 Å². The molecule has 0 aliphatic rings. The van der Waals surface area contributed by atoms with Gasteiger partial charge in [-0.3, -0.25) is 0 Å². The Balaban J connectivity index is 2.40. The van der Waals surface area contributed by atoms with E-state index in [0.717, 1.165) is 12.7 Å². The monoisotopic (exact) mass is 352 g/mol. The zero-order valence-corrected chi connectivity index (χ0v) is 16.4. The number of hydrogen-bond acceptors (Lipinski definition) is 2. The summed E-state index contributed by atoms with van der Waals surface area (Å²) in [5.41, 5.74) is 0. The van der Waals surface area contributed by atoms with E-state index in [1.165, 1.54) is 10.4 Å². The summed E-state index contributed by atoms with van der Waals surface area (Å²) >= 11 is 0. The normalized spacial score (nSPS) is 12.4. The molecule has 25 heavy (non-hydrogen) atoms. The zero-order chi connectivity index (χ0) is 18.2. The third-order valence-electron chi connectivity index (χ3n) is 4.42. The van der Waals surface area contributed by atoms with Crippen molar-refractivity contribution in [1.29, 1.82) is 0 Å². The fourth-order valence-electron chi connectivity index (χ4n) is 3.31. The predicted octanol–water partition coefficient (Wildman–Crippen LogP) is 4.10. The molecule has 0 aromatic heterocycles. The van der Waals surface area contributed by atoms with Gasteiger partial charge in [-0.05, 0) is 21.8 Å². The number of carbonyl (C=O) groups excluding carboxylic acids is 1. The van der Waals surface area contributed by atoms with Crippen molar-refractivity contribution in [2.24, 2.45) is 0 Å². The summed E-state index contributed by atoms with van der Waals surface area (Å²) in [4.78, 5) is 10.4. The van der Waals surface area contributed by atoms with Crippen molar-refractivity contribution in [2.75, 3.05) is 6.61 Å². The number of aldehydes is 1. The number of allylic oxidation sites excluding steroid dienone is 1. The average Bonchev–Trinajstić information content (AvgIpc) is 2.62. The minimum absolute atomic E-state index is 0.00220. The van der Waals surface area contributed by atoms with Gasteiger partial charge in [-0.25, -0.2) is 0 Å². The molecule has 0 spiro atoms. The molecule has 0 atom stereocenters. The Labute approximate surface area is 152 Å². The smallest absolute Gasteiger partial charge is 0.261 e. The second-order valence-electron chi connectivity index (χ2n) is 7.17. The van der Waals surface area contributed by atoms with Crippen LogP contribution in [0.15, 0.2) is 72.8 Å². The lowest BCUT2D eigenvalue weighted by molar-refractivity contribution is -0.107. The first-order chi connectivity index (χ1) is 12.0. The third-order valence-corrected chi connectivity index (χ3v) is 9.46. The zero-order valence-electron chi connectivity index (χ0n) is 15.4. The van der Waals surface area contributed by atoms with Gasteiger partial charge in [-0.1, -0.05) is 93.6 Å². The van der Waals surface area contributed by atoms with Gasteiger partial charge in [-0.15, -0.1) is 0 Å². The van der Waals surface area contributed by atoms with Crippen LogP contribution in [-0.4, -0.2) is 21.2 Å². The molecular formula is C22H28O2Si. The first-order valence-corrected chi connectivity index (χ1v) is 10.8. The molecule has 0 fully saturated rings. The lowest BCUT2D eigenvalue weighted by Crippen LogP contribution is -2.66. The molecule has 0 unspecified atom stereocenters. The van der Waals surface area contributed by atoms with E-state index in [0.29, 0.717) is 13.0 Å². The fourth-order valence-corrected chi connectivity index (χ4v) is 7.89. The van der Waals surface area contributed by atoms with Gasteiger partial charge >= 0.3 is 0 Å². The molecule has 2 nitrogen and oxygen atoms in total. The average molecular weight is 353 g/mol. The summed E-state index contributed by atoms with van der Waals surface area (Å²) < 4.78 is 6.75. The third kappa shape index (κ3) is 4.56. The molecule has 0 saturated carbocycles. The van der Waals surface area contributed by atoms with E-state index < -0.39 is 8.32 Å². The first kappa shape index (κ1) is 19.4. The topological polar surface area (TPSA) is 26.3 Å². The minimum atomic E-state index is -2.42. The maximum Gasteiger partial charge on any atom is 0.261 e. The van der Waals surface area contributed by atoms with Gasteiger partial charge in [0.05, 0.1) is 0 Å². The number of rotatable bonds is 8. The molecule has 0 aliphatic heterocycles. The van der Waals surface area contributed by atoms with Crippen LogP contribution in [-0.2, 0) is 9.22 Å². The van der Waals surface area contributed by atoms with Crippen LogP contribution >= 0.6 is 0 Å². The van der Waals surface area contributed by atoms with Crippen LogP contribution in [0.4, 0.5) is 0 Å². The Morgan fingerprint density at radius 3 is 1.84 bits per heavy atom. The molecular weight excluding hydrogens is 324 g/mol. The fraction of sp³-hybridized carbons (Fsp3) is 0.318. The number of carbonyl (C=O) groups is 1. The lowest BCUT2D eigenvalue weighted by atomic mass is 10.2. The molecule has 2 aromatic carbocycles. The highest BCUT2D eigenvalue weighted by Crippen LogP contribution is 2.36. The summed E-state index contributed by atoms with van der Waals surface area (Å²) in [5, 5.41) is 2.60. The molecule has 0 saturated heterocycles. The Kier molecular flexibility index (Phi) is 6.91. The van der Waals surface area contributed by atoms with Crippen molar-refractivity contribution in [3.8, 4) is 0 Å². The Morgan fingerprint density at radius 2 is 1.40 bits per heavy atom. The molecule has 132 valence electrons. The van der Waals surface area contributed by atoms with Crippen molar-refractivity contribution >= 4 is 25.0 Å². The standard InChI is InChI=1S/C22H28O2Si/c1-22(2,3)25(20-14-8-6-9-15-20,21-16-10-7-11-17-21)24-19-13-5-4-12-18-23/h4-11,14-18H,12-13,19H2,1-3H3/b5-4+. The van der Waals surface area contributed by atoms with Crippen molar-refractivity contribution in [2.45, 2.75) is 38.7 Å². The van der Waals surface area contributed by atoms with Crippen LogP contribution in [0.2, 0.25) is 5.04 Å². The molecule has 0 radical (unpaired) electrons. The molecule has 0 bridgehead atoms. The summed E-state index contributed by atoms with van der Waals surface area (Å²) in [6.07, 6.45) is 6.14. The van der Waals surface area contributed by atoms with Crippen LogP contribution in [0.5, 0.6) is 0 Å². The highest BCUT2D eigenvalue weighted by molar-refractivity contribution is 6.99. The van der Waals surface area contributed by atoms with Gasteiger partial charge in [0.2, 0.25) is 0 Å². The molecule has 0 aliphatic carbocycles. The largest absolute Gasteiger partial charge is 0.407 e.